The van der Waals surface area contributed by atoms with E-state index in [4.69, 9.17) is 0 Å². The topological polar surface area (TPSA) is 0 Å². The first-order valence-corrected chi connectivity index (χ1v) is 0. The Labute approximate surface area is 138 Å². The van der Waals surface area contributed by atoms with Crippen LogP contribution in [0, 0.1) is 0 Å². The minimum absolute atomic E-state index is 0. The number of hydrogen-bond donors (Lipinski definition) is 0. The van der Waals surface area contributed by atoms with Crippen molar-refractivity contribution >= 4 is 0 Å². The molecule has 0 amide bonds. The second-order valence-electron chi connectivity index (χ2n) is 0. The van der Waals surface area contributed by atoms with Crippen molar-refractivity contribution in [2.45, 2.75) is 14.9 Å². The quantitative estimate of drug-likeness (QED) is 0.344. The van der Waals surface area contributed by atoms with Crippen molar-refractivity contribution in [3.05, 3.63) is 0 Å². The molecular weight excluding hydrogens is 1130 g/mol. The normalized spacial score (nSPS) is 0. The molecule has 0 bridgehead atoms. The van der Waals surface area contributed by atoms with Crippen molar-refractivity contribution in [1.29, 1.82) is 0 Å². The molecule has 0 spiro atoms. The van der Waals surface area contributed by atoms with Crippen LogP contribution in [0.1, 0.15) is 14.9 Å². The second-order valence-corrected chi connectivity index (χ2v) is 0. The van der Waals surface area contributed by atoms with Gasteiger partial charge in [0.15, 0.2) is 0 Å². The van der Waals surface area contributed by atoms with E-state index in [1.165, 1.54) is 0 Å². The van der Waals surface area contributed by atoms with Crippen LogP contribution in [0.15, 0.2) is 0 Å². The molecule has 6 heteroatoms. The van der Waals surface area contributed by atoms with Crippen molar-refractivity contribution < 1.29 is 126 Å². The van der Waals surface area contributed by atoms with Crippen LogP contribution in [0.3, 0.4) is 0 Å². The second kappa shape index (κ2) is 67.0. The molecule has 0 heterocycles. The zero-order chi connectivity index (χ0) is 0. The molecule has 0 aliphatic heterocycles. The fourth-order valence-corrected chi connectivity index (χ4v) is 0. The van der Waals surface area contributed by atoms with Gasteiger partial charge >= 0.3 is 0 Å². The molecule has 52 valence electrons. The largest absolute Gasteiger partial charge is 0.0776 e. The van der Waals surface area contributed by atoms with E-state index in [1.807, 2.05) is 0 Å². The summed E-state index contributed by atoms with van der Waals surface area (Å²) < 4.78 is 0. The van der Waals surface area contributed by atoms with Gasteiger partial charge in [0, 0.05) is 126 Å². The Hall–Kier alpha value is 4.13. The monoisotopic (exact) mass is 1140 g/mol. The molecule has 0 N–H and O–H groups in total. The van der Waals surface area contributed by atoms with Crippen molar-refractivity contribution in [1.82, 2.24) is 0 Å². The smallest absolute Gasteiger partial charge is 0 e. The molecule has 0 atom stereocenters. The Bertz CT molecular complexity index is 6.49. The van der Waals surface area contributed by atoms with Crippen LogP contribution >= 0.6 is 0 Å². The summed E-state index contributed by atoms with van der Waals surface area (Å²) >= 11 is 0. The Kier molecular flexibility index (Phi) is 737. The summed E-state index contributed by atoms with van der Waals surface area (Å²) in [6.45, 7) is 0. The van der Waals surface area contributed by atoms with Crippen molar-refractivity contribution in [2.24, 2.45) is 0 Å². The van der Waals surface area contributed by atoms with Crippen LogP contribution in [0.2, 0.25) is 0 Å². The molecule has 8 heavy (non-hydrogen) atoms. The maximum Gasteiger partial charge on any atom is 0 e. The first-order chi connectivity index (χ1) is 0. The maximum atomic E-state index is 0. The van der Waals surface area contributed by atoms with E-state index in [1.54, 1.807) is 0 Å². The summed E-state index contributed by atoms with van der Waals surface area (Å²) in [4.78, 5) is 0. The van der Waals surface area contributed by atoms with Gasteiger partial charge in [0.1, 0.15) is 0 Å². The molecule has 0 aromatic rings. The van der Waals surface area contributed by atoms with E-state index < -0.39 is 0 Å². The molecule has 0 radical (unpaired) electrons. The van der Waals surface area contributed by atoms with Gasteiger partial charge in [0.05, 0.1) is 0 Å². The van der Waals surface area contributed by atoms with E-state index in [-0.39, 0.29) is 141 Å². The van der Waals surface area contributed by atoms with E-state index in [2.05, 4.69) is 0 Å². The molecule has 0 aromatic carbocycles. The molecule has 0 aliphatic carbocycles. The van der Waals surface area contributed by atoms with Crippen LogP contribution in [0.25, 0.3) is 0 Å². The zero-order valence-electron chi connectivity index (χ0n) is 2.45. The first kappa shape index (κ1) is 88.1. The van der Waals surface area contributed by atoms with Gasteiger partial charge in [-0.25, -0.2) is 0 Å². The molecule has 0 rings (SSSR count). The predicted octanol–water partition coefficient (Wildman–Crippen LogP) is 1.26. The average molecular weight is 1140 g/mol. The van der Waals surface area contributed by atoms with Gasteiger partial charge in [0.2, 0.25) is 0 Å². The fraction of sp³-hybridized carbons (Fsp3) is 1.00. The van der Waals surface area contributed by atoms with Crippen LogP contribution in [-0.4, -0.2) is 0 Å². The minimum atomic E-state index is 0. The summed E-state index contributed by atoms with van der Waals surface area (Å²) in [7, 11) is 0. The third-order valence-electron chi connectivity index (χ3n) is 0. The molecule has 0 saturated heterocycles. The zero-order valence-corrected chi connectivity index (χ0v) is 20.0. The first-order valence-electron chi connectivity index (χ1n) is 0. The molecular formula is C2H8W6. The molecule has 0 unspecified atom stereocenters. The Morgan fingerprint density at radius 3 is 0.250 bits per heavy atom. The van der Waals surface area contributed by atoms with Crippen LogP contribution < -0.4 is 0 Å². The van der Waals surface area contributed by atoms with Gasteiger partial charge in [0.25, 0.3) is 0 Å². The third kappa shape index (κ3) is 49.5. The van der Waals surface area contributed by atoms with Gasteiger partial charge < -0.3 is 0 Å². The van der Waals surface area contributed by atoms with E-state index in [0.29, 0.717) is 0 Å². The molecule has 0 nitrogen and oxygen atoms in total. The number of rotatable bonds is 0. The molecule has 0 fully saturated rings. The SMILES string of the molecule is C.C.[W].[W].[W].[W].[W].[W]. The van der Waals surface area contributed by atoms with E-state index in [9.17, 15) is 0 Å². The maximum absolute atomic E-state index is 0. The molecule has 0 aromatic heterocycles. The average Bonchev–Trinajstić information content (AvgIpc) is 0. The van der Waals surface area contributed by atoms with Crippen molar-refractivity contribution in [3.63, 3.8) is 0 Å². The Morgan fingerprint density at radius 1 is 0.250 bits per heavy atom. The summed E-state index contributed by atoms with van der Waals surface area (Å²) in [6.07, 6.45) is 0. The molecule has 0 aliphatic rings. The summed E-state index contributed by atoms with van der Waals surface area (Å²) in [5, 5.41) is 0. The fourth-order valence-electron chi connectivity index (χ4n) is 0. The summed E-state index contributed by atoms with van der Waals surface area (Å²) in [5.41, 5.74) is 0. The standard InChI is InChI=1S/2CH4.6W/h2*1H4;;;;;;. The van der Waals surface area contributed by atoms with Gasteiger partial charge in [-0.2, -0.15) is 0 Å². The van der Waals surface area contributed by atoms with Gasteiger partial charge in [-0.1, -0.05) is 14.9 Å². The van der Waals surface area contributed by atoms with E-state index in [0.717, 1.165) is 0 Å². The summed E-state index contributed by atoms with van der Waals surface area (Å²) in [5.74, 6) is 0. The van der Waals surface area contributed by atoms with Gasteiger partial charge in [-0.15, -0.1) is 0 Å². The van der Waals surface area contributed by atoms with Gasteiger partial charge in [-0.05, 0) is 0 Å². The Balaban J connectivity index is 0. The van der Waals surface area contributed by atoms with Crippen LogP contribution in [0.5, 0.6) is 0 Å². The van der Waals surface area contributed by atoms with E-state index >= 15 is 0 Å². The van der Waals surface area contributed by atoms with Crippen LogP contribution in [-0.2, 0) is 126 Å². The van der Waals surface area contributed by atoms with Crippen molar-refractivity contribution in [2.75, 3.05) is 0 Å². The number of hydrogen-bond acceptors (Lipinski definition) is 0. The predicted molar refractivity (Wildman–Crippen MR) is 13.5 cm³/mol. The Morgan fingerprint density at radius 2 is 0.250 bits per heavy atom. The third-order valence-corrected chi connectivity index (χ3v) is 0. The summed E-state index contributed by atoms with van der Waals surface area (Å²) in [6, 6.07) is 0. The van der Waals surface area contributed by atoms with Crippen molar-refractivity contribution in [3.8, 4) is 0 Å². The van der Waals surface area contributed by atoms with Gasteiger partial charge in [-0.3, -0.25) is 0 Å². The minimum Gasteiger partial charge on any atom is -0.0776 e. The van der Waals surface area contributed by atoms with Crippen LogP contribution in [0.4, 0.5) is 0 Å². The molecule has 0 saturated carbocycles.